The predicted octanol–water partition coefficient (Wildman–Crippen LogP) is 0.358. The lowest BCUT2D eigenvalue weighted by molar-refractivity contribution is 0.00854. The van der Waals surface area contributed by atoms with Crippen LogP contribution in [0, 0.1) is 0 Å². The maximum Gasteiger partial charge on any atom is 0.327 e. The number of aliphatic hydroxyl groups is 1. The Morgan fingerprint density at radius 3 is 2.85 bits per heavy atom. The molecule has 1 heterocycles. The smallest absolute Gasteiger partial charge is 0.327 e. The lowest BCUT2D eigenvalue weighted by Gasteiger charge is -2.16. The molecule has 0 aromatic carbocycles. The molecule has 0 amide bonds. The van der Waals surface area contributed by atoms with E-state index in [1.54, 1.807) is 6.92 Å². The second-order valence-electron chi connectivity index (χ2n) is 3.01. The molecule has 1 aliphatic heterocycles. The Hall–Kier alpha value is 0.0700. The maximum atomic E-state index is 11.0. The number of hydrogen-bond donors (Lipinski definition) is 2. The molecule has 78 valence electrons. The Morgan fingerprint density at radius 1 is 1.69 bits per heavy atom. The fraction of sp³-hybridized carbons (Fsp3) is 1.00. The van der Waals surface area contributed by atoms with E-state index in [1.807, 2.05) is 0 Å². The van der Waals surface area contributed by atoms with E-state index in [0.29, 0.717) is 13.0 Å². The SMILES string of the molecule is CCP(=O)(O)OCC1OCCC1O. The van der Waals surface area contributed by atoms with Gasteiger partial charge in [0, 0.05) is 12.8 Å². The molecule has 0 aliphatic carbocycles. The predicted molar refractivity (Wildman–Crippen MR) is 46.7 cm³/mol. The van der Waals surface area contributed by atoms with Crippen LogP contribution in [0.3, 0.4) is 0 Å². The van der Waals surface area contributed by atoms with Gasteiger partial charge in [-0.1, -0.05) is 6.92 Å². The average molecular weight is 210 g/mol. The normalized spacial score (nSPS) is 33.2. The van der Waals surface area contributed by atoms with Gasteiger partial charge >= 0.3 is 7.60 Å². The third-order valence-electron chi connectivity index (χ3n) is 2.01. The Labute approximate surface area is 77.2 Å². The highest BCUT2D eigenvalue weighted by molar-refractivity contribution is 7.52. The monoisotopic (exact) mass is 210 g/mol. The van der Waals surface area contributed by atoms with Crippen LogP contribution in [-0.2, 0) is 13.8 Å². The number of hydrogen-bond acceptors (Lipinski definition) is 4. The van der Waals surface area contributed by atoms with E-state index in [0.717, 1.165) is 0 Å². The van der Waals surface area contributed by atoms with Gasteiger partial charge in [0.1, 0.15) is 6.10 Å². The number of rotatable bonds is 4. The van der Waals surface area contributed by atoms with E-state index < -0.39 is 19.8 Å². The van der Waals surface area contributed by atoms with Crippen LogP contribution in [0.2, 0.25) is 0 Å². The summed E-state index contributed by atoms with van der Waals surface area (Å²) in [5, 5.41) is 9.28. The van der Waals surface area contributed by atoms with Gasteiger partial charge in [-0.05, 0) is 6.42 Å². The molecule has 1 aliphatic rings. The van der Waals surface area contributed by atoms with Crippen molar-refractivity contribution < 1.29 is 23.8 Å². The first-order valence-corrected chi connectivity index (χ1v) is 6.07. The molecule has 1 fully saturated rings. The zero-order chi connectivity index (χ0) is 9.90. The van der Waals surface area contributed by atoms with Crippen molar-refractivity contribution in [3.8, 4) is 0 Å². The first-order valence-electron chi connectivity index (χ1n) is 4.31. The Morgan fingerprint density at radius 2 is 2.38 bits per heavy atom. The summed E-state index contributed by atoms with van der Waals surface area (Å²) in [6.07, 6.45) is -0.380. The van der Waals surface area contributed by atoms with Gasteiger partial charge in [0.2, 0.25) is 0 Å². The Bertz CT molecular complexity index is 207. The molecule has 3 atom stereocenters. The first kappa shape index (κ1) is 11.1. The highest BCUT2D eigenvalue weighted by Crippen LogP contribution is 2.41. The molecule has 13 heavy (non-hydrogen) atoms. The molecule has 0 spiro atoms. The van der Waals surface area contributed by atoms with Crippen LogP contribution in [0.5, 0.6) is 0 Å². The van der Waals surface area contributed by atoms with Gasteiger partial charge in [0.05, 0.1) is 12.7 Å². The van der Waals surface area contributed by atoms with Crippen LogP contribution in [0.1, 0.15) is 13.3 Å². The fourth-order valence-corrected chi connectivity index (χ4v) is 1.64. The summed E-state index contributed by atoms with van der Waals surface area (Å²) in [7, 11) is -3.44. The average Bonchev–Trinajstić information content (AvgIpc) is 2.48. The second kappa shape index (κ2) is 4.53. The summed E-state index contributed by atoms with van der Waals surface area (Å²) in [5.41, 5.74) is 0. The highest BCUT2D eigenvalue weighted by atomic mass is 31.2. The molecule has 2 N–H and O–H groups in total. The maximum absolute atomic E-state index is 11.0. The van der Waals surface area contributed by atoms with Crippen molar-refractivity contribution in [1.29, 1.82) is 0 Å². The molecule has 1 saturated heterocycles. The molecule has 5 nitrogen and oxygen atoms in total. The van der Waals surface area contributed by atoms with Gasteiger partial charge in [0.15, 0.2) is 0 Å². The molecule has 0 saturated carbocycles. The third-order valence-corrected chi connectivity index (χ3v) is 3.37. The van der Waals surface area contributed by atoms with Crippen molar-refractivity contribution in [1.82, 2.24) is 0 Å². The number of aliphatic hydroxyl groups excluding tert-OH is 1. The molecule has 6 heteroatoms. The van der Waals surface area contributed by atoms with Gasteiger partial charge in [-0.3, -0.25) is 4.57 Å². The fourth-order valence-electron chi connectivity index (χ4n) is 1.08. The van der Waals surface area contributed by atoms with Gasteiger partial charge in [0.25, 0.3) is 0 Å². The van der Waals surface area contributed by atoms with Crippen molar-refractivity contribution in [3.63, 3.8) is 0 Å². The standard InChI is InChI=1S/C7H15O5P/c1-2-13(9,10)12-5-7-6(8)3-4-11-7/h6-8H,2-5H2,1H3,(H,9,10). The van der Waals surface area contributed by atoms with E-state index in [-0.39, 0.29) is 12.8 Å². The molecule has 0 aromatic rings. The van der Waals surface area contributed by atoms with Crippen LogP contribution < -0.4 is 0 Å². The van der Waals surface area contributed by atoms with E-state index in [1.165, 1.54) is 0 Å². The largest absolute Gasteiger partial charge is 0.390 e. The zero-order valence-electron chi connectivity index (χ0n) is 7.55. The van der Waals surface area contributed by atoms with Gasteiger partial charge in [-0.25, -0.2) is 0 Å². The molecular weight excluding hydrogens is 195 g/mol. The van der Waals surface area contributed by atoms with Gasteiger partial charge in [-0.15, -0.1) is 0 Å². The minimum atomic E-state index is -3.44. The summed E-state index contributed by atoms with van der Waals surface area (Å²) < 4.78 is 20.9. The van der Waals surface area contributed by atoms with Crippen LogP contribution in [0.15, 0.2) is 0 Å². The zero-order valence-corrected chi connectivity index (χ0v) is 8.44. The van der Waals surface area contributed by atoms with Gasteiger partial charge < -0.3 is 19.3 Å². The quantitative estimate of drug-likeness (QED) is 0.655. The molecular formula is C7H15O5P. The van der Waals surface area contributed by atoms with E-state index in [4.69, 9.17) is 14.2 Å². The van der Waals surface area contributed by atoms with Crippen molar-refractivity contribution in [2.45, 2.75) is 25.6 Å². The summed E-state index contributed by atoms with van der Waals surface area (Å²) >= 11 is 0. The Balaban J connectivity index is 2.30. The van der Waals surface area contributed by atoms with E-state index in [2.05, 4.69) is 0 Å². The minimum absolute atomic E-state index is 0.0111. The van der Waals surface area contributed by atoms with Crippen LogP contribution >= 0.6 is 7.60 Å². The molecule has 3 unspecified atom stereocenters. The second-order valence-corrected chi connectivity index (χ2v) is 5.18. The van der Waals surface area contributed by atoms with Crippen LogP contribution in [-0.4, -0.2) is 41.6 Å². The van der Waals surface area contributed by atoms with Crippen molar-refractivity contribution >= 4 is 7.60 Å². The third kappa shape index (κ3) is 3.37. The summed E-state index contributed by atoms with van der Waals surface area (Å²) in [5.74, 6) is 0. The van der Waals surface area contributed by atoms with Gasteiger partial charge in [-0.2, -0.15) is 0 Å². The van der Waals surface area contributed by atoms with Crippen LogP contribution in [0.25, 0.3) is 0 Å². The van der Waals surface area contributed by atoms with E-state index >= 15 is 0 Å². The summed E-state index contributed by atoms with van der Waals surface area (Å²) in [4.78, 5) is 9.07. The Kier molecular flexibility index (Phi) is 3.88. The van der Waals surface area contributed by atoms with Crippen LogP contribution in [0.4, 0.5) is 0 Å². The summed E-state index contributed by atoms with van der Waals surface area (Å²) in [6, 6.07) is 0. The highest BCUT2D eigenvalue weighted by Gasteiger charge is 2.28. The van der Waals surface area contributed by atoms with Crippen molar-refractivity contribution in [2.24, 2.45) is 0 Å². The number of ether oxygens (including phenoxy) is 1. The lowest BCUT2D eigenvalue weighted by Crippen LogP contribution is -2.25. The molecule has 0 bridgehead atoms. The van der Waals surface area contributed by atoms with E-state index in [9.17, 15) is 9.67 Å². The summed E-state index contributed by atoms with van der Waals surface area (Å²) in [6.45, 7) is 2.05. The van der Waals surface area contributed by atoms with Crippen molar-refractivity contribution in [2.75, 3.05) is 19.4 Å². The minimum Gasteiger partial charge on any atom is -0.390 e. The van der Waals surface area contributed by atoms with Crippen molar-refractivity contribution in [3.05, 3.63) is 0 Å². The molecule has 0 radical (unpaired) electrons. The first-order chi connectivity index (χ1) is 6.05. The molecule has 1 rings (SSSR count). The lowest BCUT2D eigenvalue weighted by atomic mass is 10.2. The molecule has 0 aromatic heterocycles. The topological polar surface area (TPSA) is 76.0 Å².